The smallest absolute Gasteiger partial charge is 0.296 e. The quantitative estimate of drug-likeness (QED) is 0.791. The highest BCUT2D eigenvalue weighted by Gasteiger charge is 2.31. The lowest BCUT2D eigenvalue weighted by Gasteiger charge is -2.08. The highest BCUT2D eigenvalue weighted by Crippen LogP contribution is 2.23. The van der Waals surface area contributed by atoms with Crippen LogP contribution in [0.2, 0.25) is 0 Å². The Bertz CT molecular complexity index is 881. The molecular weight excluding hydrogens is 297 g/mol. The van der Waals surface area contributed by atoms with E-state index in [4.69, 9.17) is 0 Å². The zero-order chi connectivity index (χ0) is 15.9. The minimum absolute atomic E-state index is 0.0686. The first kappa shape index (κ1) is 14.3. The summed E-state index contributed by atoms with van der Waals surface area (Å²) in [5, 5.41) is 2.64. The number of aromatic nitrogens is 4. The summed E-state index contributed by atoms with van der Waals surface area (Å²) in [4.78, 5) is 20.5. The van der Waals surface area contributed by atoms with Crippen LogP contribution in [-0.4, -0.2) is 25.8 Å². The van der Waals surface area contributed by atoms with E-state index in [0.29, 0.717) is 11.3 Å². The zero-order valence-corrected chi connectivity index (χ0v) is 11.5. The van der Waals surface area contributed by atoms with Crippen molar-refractivity contribution >= 4 is 5.65 Å². The van der Waals surface area contributed by atoms with Crippen LogP contribution >= 0.6 is 0 Å². The third-order valence-electron chi connectivity index (χ3n) is 3.28. The number of nitrogens with zero attached hydrogens (tertiary/aromatic N) is 3. The summed E-state index contributed by atoms with van der Waals surface area (Å²) >= 11 is 0. The molecule has 0 spiro atoms. The molecule has 3 aromatic heterocycles. The predicted octanol–water partition coefficient (Wildman–Crippen LogP) is 2.50. The topological polar surface area (TPSA) is 63.1 Å². The SMILES string of the molecule is Cc1nc2c(-c3ccccn3)c[nH]n2c(=O)c1CC(F)(F)F. The van der Waals surface area contributed by atoms with Crippen molar-refractivity contribution in [2.24, 2.45) is 0 Å². The maximum atomic E-state index is 12.6. The Morgan fingerprint density at radius 2 is 2.09 bits per heavy atom. The first-order chi connectivity index (χ1) is 10.4. The number of hydrogen-bond donors (Lipinski definition) is 1. The summed E-state index contributed by atoms with van der Waals surface area (Å²) in [5.74, 6) is 0. The minimum atomic E-state index is -4.46. The fourth-order valence-electron chi connectivity index (χ4n) is 2.27. The molecule has 0 aliphatic carbocycles. The zero-order valence-electron chi connectivity index (χ0n) is 11.5. The molecule has 3 rings (SSSR count). The number of halogens is 3. The van der Waals surface area contributed by atoms with E-state index in [9.17, 15) is 18.0 Å². The van der Waals surface area contributed by atoms with Crippen molar-refractivity contribution in [1.82, 2.24) is 19.6 Å². The number of aromatic amines is 1. The lowest BCUT2D eigenvalue weighted by molar-refractivity contribution is -0.127. The van der Waals surface area contributed by atoms with Gasteiger partial charge >= 0.3 is 6.18 Å². The van der Waals surface area contributed by atoms with Gasteiger partial charge in [-0.3, -0.25) is 14.9 Å². The molecule has 0 atom stereocenters. The Labute approximate surface area is 122 Å². The second-order valence-corrected chi connectivity index (χ2v) is 4.83. The van der Waals surface area contributed by atoms with E-state index >= 15 is 0 Å². The molecule has 3 heterocycles. The standard InChI is InChI=1S/C14H11F3N4O/c1-8-9(6-14(15,16)17)13(22)21-12(20-8)10(7-19-21)11-4-2-3-5-18-11/h2-5,7,19H,6H2,1H3. The van der Waals surface area contributed by atoms with E-state index in [2.05, 4.69) is 15.1 Å². The number of aryl methyl sites for hydroxylation is 1. The van der Waals surface area contributed by atoms with Crippen molar-refractivity contribution in [3.63, 3.8) is 0 Å². The third-order valence-corrected chi connectivity index (χ3v) is 3.28. The van der Waals surface area contributed by atoms with Gasteiger partial charge in [-0.25, -0.2) is 9.50 Å². The van der Waals surface area contributed by atoms with Crippen LogP contribution < -0.4 is 5.56 Å². The molecular formula is C14H11F3N4O. The molecule has 0 aliphatic heterocycles. The van der Waals surface area contributed by atoms with Gasteiger partial charge in [0.05, 0.1) is 17.7 Å². The molecule has 3 aromatic rings. The fraction of sp³-hybridized carbons (Fsp3) is 0.214. The van der Waals surface area contributed by atoms with Crippen LogP contribution in [0.5, 0.6) is 0 Å². The van der Waals surface area contributed by atoms with Crippen molar-refractivity contribution < 1.29 is 13.2 Å². The molecule has 114 valence electrons. The molecule has 1 N–H and O–H groups in total. The minimum Gasteiger partial charge on any atom is -0.296 e. The van der Waals surface area contributed by atoms with Crippen molar-refractivity contribution in [2.75, 3.05) is 0 Å². The number of H-pyrrole nitrogens is 1. The maximum absolute atomic E-state index is 12.6. The van der Waals surface area contributed by atoms with Gasteiger partial charge in [0.2, 0.25) is 0 Å². The normalized spacial score (nSPS) is 12.0. The van der Waals surface area contributed by atoms with Crippen LogP contribution in [0.25, 0.3) is 16.9 Å². The number of nitrogens with one attached hydrogen (secondary N) is 1. The van der Waals surface area contributed by atoms with Crippen LogP contribution in [0.4, 0.5) is 13.2 Å². The fourth-order valence-corrected chi connectivity index (χ4v) is 2.27. The average molecular weight is 308 g/mol. The van der Waals surface area contributed by atoms with Gasteiger partial charge in [0, 0.05) is 23.7 Å². The highest BCUT2D eigenvalue weighted by molar-refractivity contribution is 5.74. The summed E-state index contributed by atoms with van der Waals surface area (Å²) < 4.78 is 38.7. The molecule has 8 heteroatoms. The third kappa shape index (κ3) is 2.47. The van der Waals surface area contributed by atoms with Gasteiger partial charge in [0.25, 0.3) is 5.56 Å². The Morgan fingerprint density at radius 1 is 1.32 bits per heavy atom. The Hall–Kier alpha value is -2.64. The maximum Gasteiger partial charge on any atom is 0.393 e. The number of hydrogen-bond acceptors (Lipinski definition) is 3. The lowest BCUT2D eigenvalue weighted by atomic mass is 10.1. The molecule has 0 bridgehead atoms. The molecule has 0 aliphatic rings. The lowest BCUT2D eigenvalue weighted by Crippen LogP contribution is -2.26. The molecule has 5 nitrogen and oxygen atoms in total. The first-order valence-electron chi connectivity index (χ1n) is 6.44. The number of fused-ring (bicyclic) bond motifs is 1. The molecule has 0 amide bonds. The summed E-state index contributed by atoms with van der Waals surface area (Å²) in [6, 6.07) is 5.24. The van der Waals surface area contributed by atoms with E-state index in [0.717, 1.165) is 4.52 Å². The monoisotopic (exact) mass is 308 g/mol. The van der Waals surface area contributed by atoms with Crippen molar-refractivity contribution in [3.05, 3.63) is 52.2 Å². The molecule has 0 saturated heterocycles. The van der Waals surface area contributed by atoms with E-state index < -0.39 is 18.2 Å². The molecule has 0 fully saturated rings. The van der Waals surface area contributed by atoms with Gasteiger partial charge in [-0.2, -0.15) is 13.2 Å². The Morgan fingerprint density at radius 3 is 2.73 bits per heavy atom. The van der Waals surface area contributed by atoms with Crippen LogP contribution in [0.15, 0.2) is 35.4 Å². The van der Waals surface area contributed by atoms with E-state index in [1.54, 1.807) is 24.4 Å². The number of alkyl halides is 3. The van der Waals surface area contributed by atoms with Crippen molar-refractivity contribution in [2.45, 2.75) is 19.5 Å². The van der Waals surface area contributed by atoms with Gasteiger partial charge in [-0.1, -0.05) is 6.07 Å². The van der Waals surface area contributed by atoms with Crippen LogP contribution in [0.1, 0.15) is 11.3 Å². The second-order valence-electron chi connectivity index (χ2n) is 4.83. The van der Waals surface area contributed by atoms with Crippen LogP contribution in [0, 0.1) is 6.92 Å². The van der Waals surface area contributed by atoms with Crippen LogP contribution in [0.3, 0.4) is 0 Å². The van der Waals surface area contributed by atoms with Crippen LogP contribution in [-0.2, 0) is 6.42 Å². The Balaban J connectivity index is 2.22. The summed E-state index contributed by atoms with van der Waals surface area (Å²) in [6.45, 7) is 1.40. The van der Waals surface area contributed by atoms with Gasteiger partial charge < -0.3 is 0 Å². The summed E-state index contributed by atoms with van der Waals surface area (Å²) in [7, 11) is 0. The van der Waals surface area contributed by atoms with Crippen molar-refractivity contribution in [3.8, 4) is 11.3 Å². The molecule has 22 heavy (non-hydrogen) atoms. The van der Waals surface area contributed by atoms with E-state index in [-0.39, 0.29) is 16.9 Å². The predicted molar refractivity (Wildman–Crippen MR) is 73.5 cm³/mol. The highest BCUT2D eigenvalue weighted by atomic mass is 19.4. The second kappa shape index (κ2) is 4.97. The molecule has 0 radical (unpaired) electrons. The molecule has 0 unspecified atom stereocenters. The molecule has 0 saturated carbocycles. The largest absolute Gasteiger partial charge is 0.393 e. The summed E-state index contributed by atoms with van der Waals surface area (Å²) in [5.41, 5.74) is 0.350. The summed E-state index contributed by atoms with van der Waals surface area (Å²) in [6.07, 6.45) is -2.67. The number of pyridine rings is 1. The van der Waals surface area contributed by atoms with Gasteiger partial charge in [0.1, 0.15) is 0 Å². The van der Waals surface area contributed by atoms with Gasteiger partial charge in [-0.15, -0.1) is 0 Å². The van der Waals surface area contributed by atoms with Gasteiger partial charge in [0.15, 0.2) is 5.65 Å². The first-order valence-corrected chi connectivity index (χ1v) is 6.44. The van der Waals surface area contributed by atoms with Crippen molar-refractivity contribution in [1.29, 1.82) is 0 Å². The number of rotatable bonds is 2. The molecule has 0 aromatic carbocycles. The van der Waals surface area contributed by atoms with E-state index in [1.165, 1.54) is 13.1 Å². The van der Waals surface area contributed by atoms with E-state index in [1.807, 2.05) is 0 Å². The van der Waals surface area contributed by atoms with Gasteiger partial charge in [-0.05, 0) is 19.1 Å². The Kier molecular flexibility index (Phi) is 3.23. The average Bonchev–Trinajstić information content (AvgIpc) is 2.87.